The van der Waals surface area contributed by atoms with Crippen LogP contribution in [0, 0.1) is 28.6 Å². The maximum Gasteiger partial charge on any atom is 0.309 e. The molecule has 0 aliphatic carbocycles. The van der Waals surface area contributed by atoms with Crippen LogP contribution in [0.25, 0.3) is 0 Å². The van der Waals surface area contributed by atoms with Crippen molar-refractivity contribution < 1.29 is 19.1 Å². The summed E-state index contributed by atoms with van der Waals surface area (Å²) >= 11 is 0. The maximum atomic E-state index is 11.3. The van der Waals surface area contributed by atoms with Gasteiger partial charge >= 0.3 is 11.9 Å². The van der Waals surface area contributed by atoms with E-state index in [-0.39, 0.29) is 32.5 Å². The molecule has 6 nitrogen and oxygen atoms in total. The van der Waals surface area contributed by atoms with Gasteiger partial charge in [0, 0.05) is 0 Å². The number of carbonyl (C=O) groups is 2. The molecule has 1 unspecified atom stereocenters. The topological polar surface area (TPSA) is 100 Å². The lowest BCUT2D eigenvalue weighted by Crippen LogP contribution is -2.20. The standard InChI is InChI=1S/C11H14N2O4/c1-9(11(15)17-7-3-5-13)8-10(14)16-6-2-4-12/h9H,2-3,6-8H2,1H3. The van der Waals surface area contributed by atoms with E-state index in [1.54, 1.807) is 6.92 Å². The lowest BCUT2D eigenvalue weighted by atomic mass is 10.1. The molecule has 0 N–H and O–H groups in total. The number of nitriles is 2. The van der Waals surface area contributed by atoms with Gasteiger partial charge in [0.15, 0.2) is 0 Å². The molecule has 0 heterocycles. The lowest BCUT2D eigenvalue weighted by Gasteiger charge is -2.09. The molecule has 17 heavy (non-hydrogen) atoms. The van der Waals surface area contributed by atoms with E-state index in [0.29, 0.717) is 0 Å². The van der Waals surface area contributed by atoms with Gasteiger partial charge in [-0.1, -0.05) is 6.92 Å². The average Bonchev–Trinajstić information content (AvgIpc) is 2.29. The SMILES string of the molecule is CC(CC(=O)OCCC#N)C(=O)OCCC#N. The minimum Gasteiger partial charge on any atom is -0.465 e. The van der Waals surface area contributed by atoms with Crippen molar-refractivity contribution in [3.8, 4) is 12.1 Å². The van der Waals surface area contributed by atoms with Gasteiger partial charge < -0.3 is 9.47 Å². The summed E-state index contributed by atoms with van der Waals surface area (Å²) < 4.78 is 9.46. The summed E-state index contributed by atoms with van der Waals surface area (Å²) in [6.45, 7) is 1.61. The van der Waals surface area contributed by atoms with Crippen LogP contribution in [-0.2, 0) is 19.1 Å². The highest BCUT2D eigenvalue weighted by atomic mass is 16.5. The predicted molar refractivity (Wildman–Crippen MR) is 56.2 cm³/mol. The quantitative estimate of drug-likeness (QED) is 0.483. The Hall–Kier alpha value is -2.08. The molecule has 0 bridgehead atoms. The lowest BCUT2D eigenvalue weighted by molar-refractivity contribution is -0.154. The molecule has 0 aromatic rings. The minimum atomic E-state index is -0.608. The Balaban J connectivity index is 3.80. The van der Waals surface area contributed by atoms with Gasteiger partial charge in [-0.3, -0.25) is 9.59 Å². The fourth-order valence-electron chi connectivity index (χ4n) is 0.942. The summed E-state index contributed by atoms with van der Waals surface area (Å²) in [5.41, 5.74) is 0. The molecule has 92 valence electrons. The van der Waals surface area contributed by atoms with Crippen molar-refractivity contribution in [2.45, 2.75) is 26.2 Å². The summed E-state index contributed by atoms with van der Waals surface area (Å²) in [6, 6.07) is 3.67. The fraction of sp³-hybridized carbons (Fsp3) is 0.636. The Morgan fingerprint density at radius 3 is 2.18 bits per heavy atom. The number of ether oxygens (including phenoxy) is 2. The van der Waals surface area contributed by atoms with Crippen LogP contribution in [0.15, 0.2) is 0 Å². The van der Waals surface area contributed by atoms with E-state index in [1.165, 1.54) is 0 Å². The first-order valence-corrected chi connectivity index (χ1v) is 5.18. The van der Waals surface area contributed by atoms with Crippen molar-refractivity contribution >= 4 is 11.9 Å². The van der Waals surface area contributed by atoms with Crippen LogP contribution < -0.4 is 0 Å². The molecule has 0 aliphatic rings. The molecule has 0 spiro atoms. The van der Waals surface area contributed by atoms with E-state index in [2.05, 4.69) is 0 Å². The minimum absolute atomic E-state index is 0.0309. The molecule has 0 aliphatic heterocycles. The zero-order valence-corrected chi connectivity index (χ0v) is 9.64. The van der Waals surface area contributed by atoms with Crippen molar-refractivity contribution in [1.29, 1.82) is 10.5 Å². The van der Waals surface area contributed by atoms with Crippen molar-refractivity contribution in [3.63, 3.8) is 0 Å². The first-order valence-electron chi connectivity index (χ1n) is 5.18. The van der Waals surface area contributed by atoms with Crippen LogP contribution in [0.5, 0.6) is 0 Å². The van der Waals surface area contributed by atoms with E-state index in [0.717, 1.165) is 0 Å². The number of hydrogen-bond acceptors (Lipinski definition) is 6. The summed E-state index contributed by atoms with van der Waals surface area (Å²) in [5, 5.41) is 16.5. The third-order valence-corrected chi connectivity index (χ3v) is 1.81. The van der Waals surface area contributed by atoms with Crippen molar-refractivity contribution in [1.82, 2.24) is 0 Å². The Kier molecular flexibility index (Phi) is 8.05. The smallest absolute Gasteiger partial charge is 0.309 e. The van der Waals surface area contributed by atoms with Crippen molar-refractivity contribution in [2.24, 2.45) is 5.92 Å². The molecular weight excluding hydrogens is 224 g/mol. The predicted octanol–water partition coefficient (Wildman–Crippen LogP) is 0.926. The van der Waals surface area contributed by atoms with Gasteiger partial charge in [0.05, 0.1) is 37.3 Å². The maximum absolute atomic E-state index is 11.3. The Bertz CT molecular complexity index is 340. The van der Waals surface area contributed by atoms with Gasteiger partial charge in [0.2, 0.25) is 0 Å². The number of hydrogen-bond donors (Lipinski definition) is 0. The van der Waals surface area contributed by atoms with Gasteiger partial charge in [0.1, 0.15) is 13.2 Å². The number of nitrogens with zero attached hydrogens (tertiary/aromatic N) is 2. The molecule has 6 heteroatoms. The molecule has 0 aromatic heterocycles. The first kappa shape index (κ1) is 14.9. The second kappa shape index (κ2) is 9.17. The van der Waals surface area contributed by atoms with Crippen LogP contribution in [0.1, 0.15) is 26.2 Å². The monoisotopic (exact) mass is 238 g/mol. The molecule has 0 saturated carbocycles. The molecule has 0 rings (SSSR count). The van der Waals surface area contributed by atoms with Crippen molar-refractivity contribution in [2.75, 3.05) is 13.2 Å². The number of esters is 2. The van der Waals surface area contributed by atoms with Gasteiger partial charge in [-0.15, -0.1) is 0 Å². The highest BCUT2D eigenvalue weighted by molar-refractivity contribution is 5.79. The summed E-state index contributed by atoms with van der Waals surface area (Å²) in [4.78, 5) is 22.5. The Morgan fingerprint density at radius 2 is 1.65 bits per heavy atom. The number of rotatable bonds is 7. The van der Waals surface area contributed by atoms with E-state index < -0.39 is 17.9 Å². The highest BCUT2D eigenvalue weighted by Gasteiger charge is 2.19. The highest BCUT2D eigenvalue weighted by Crippen LogP contribution is 2.06. The zero-order chi connectivity index (χ0) is 13.1. The Labute approximate surface area is 99.7 Å². The Morgan fingerprint density at radius 1 is 1.12 bits per heavy atom. The normalized spacial score (nSPS) is 10.8. The fourth-order valence-corrected chi connectivity index (χ4v) is 0.942. The van der Waals surface area contributed by atoms with Crippen LogP contribution in [-0.4, -0.2) is 25.2 Å². The zero-order valence-electron chi connectivity index (χ0n) is 9.64. The third-order valence-electron chi connectivity index (χ3n) is 1.81. The van der Waals surface area contributed by atoms with Crippen LogP contribution in [0.4, 0.5) is 0 Å². The van der Waals surface area contributed by atoms with Crippen LogP contribution >= 0.6 is 0 Å². The molecule has 0 aromatic carbocycles. The second-order valence-corrected chi connectivity index (χ2v) is 3.31. The summed E-state index contributed by atoms with van der Waals surface area (Å²) in [5.74, 6) is -1.68. The summed E-state index contributed by atoms with van der Waals surface area (Å²) in [7, 11) is 0. The van der Waals surface area contributed by atoms with Crippen LogP contribution in [0.3, 0.4) is 0 Å². The van der Waals surface area contributed by atoms with E-state index in [1.807, 2.05) is 12.1 Å². The molecule has 0 amide bonds. The summed E-state index contributed by atoms with van der Waals surface area (Å²) in [6.07, 6.45) is 0.175. The first-order chi connectivity index (χ1) is 8.11. The van der Waals surface area contributed by atoms with Gasteiger partial charge in [-0.2, -0.15) is 10.5 Å². The molecule has 0 radical (unpaired) electrons. The van der Waals surface area contributed by atoms with E-state index in [4.69, 9.17) is 20.0 Å². The number of carbonyl (C=O) groups excluding carboxylic acids is 2. The molecule has 0 saturated heterocycles. The second-order valence-electron chi connectivity index (χ2n) is 3.31. The average molecular weight is 238 g/mol. The van der Waals surface area contributed by atoms with E-state index >= 15 is 0 Å². The van der Waals surface area contributed by atoms with Gasteiger partial charge in [-0.05, 0) is 0 Å². The molecule has 0 fully saturated rings. The van der Waals surface area contributed by atoms with Crippen LogP contribution in [0.2, 0.25) is 0 Å². The molecular formula is C11H14N2O4. The van der Waals surface area contributed by atoms with Crippen molar-refractivity contribution in [3.05, 3.63) is 0 Å². The third kappa shape index (κ3) is 7.80. The largest absolute Gasteiger partial charge is 0.465 e. The molecule has 1 atom stereocenters. The van der Waals surface area contributed by atoms with E-state index in [9.17, 15) is 9.59 Å². The van der Waals surface area contributed by atoms with Gasteiger partial charge in [-0.25, -0.2) is 0 Å². The van der Waals surface area contributed by atoms with Gasteiger partial charge in [0.25, 0.3) is 0 Å².